The van der Waals surface area contributed by atoms with Crippen molar-refractivity contribution in [3.05, 3.63) is 88.5 Å². The van der Waals surface area contributed by atoms with Gasteiger partial charge < -0.3 is 29.8 Å². The molecule has 0 aromatic heterocycles. The number of nitrogens with one attached hydrogen (secondary N) is 1. The Morgan fingerprint density at radius 1 is 1.11 bits per heavy atom. The van der Waals surface area contributed by atoms with Gasteiger partial charge in [-0.25, -0.2) is 17.6 Å². The zero-order valence-corrected chi connectivity index (χ0v) is 28.0. The number of amides is 1. The number of halogens is 4. The van der Waals surface area contributed by atoms with Gasteiger partial charge in [-0.1, -0.05) is 0 Å². The summed E-state index contributed by atoms with van der Waals surface area (Å²) in [4.78, 5) is 37.6. The van der Waals surface area contributed by atoms with E-state index in [9.17, 15) is 36.2 Å². The van der Waals surface area contributed by atoms with Crippen molar-refractivity contribution >= 4 is 29.3 Å². The van der Waals surface area contributed by atoms with E-state index in [-0.39, 0.29) is 36.0 Å². The molecular weight excluding hydrogens is 642 g/mol. The number of rotatable bonds is 12. The summed E-state index contributed by atoms with van der Waals surface area (Å²) in [6.07, 6.45) is 6.61. The van der Waals surface area contributed by atoms with Gasteiger partial charge in [0, 0.05) is 91.6 Å². The van der Waals surface area contributed by atoms with Gasteiger partial charge in [-0.05, 0) is 61.9 Å². The number of hydrogen-bond acceptors (Lipinski definition) is 8. The highest BCUT2D eigenvalue weighted by atomic mass is 32.2. The minimum atomic E-state index is -1.25. The Morgan fingerprint density at radius 3 is 2.13 bits per heavy atom. The Kier molecular flexibility index (Phi) is 18.9. The number of carbonyl (C=O) groups excluding carboxylic acids is 3. The van der Waals surface area contributed by atoms with Crippen LogP contribution in [0.25, 0.3) is 0 Å². The molecule has 9 nitrogen and oxygen atoms in total. The van der Waals surface area contributed by atoms with E-state index in [1.54, 1.807) is 18.9 Å². The zero-order chi connectivity index (χ0) is 35.5. The van der Waals surface area contributed by atoms with Gasteiger partial charge in [0.05, 0.1) is 12.8 Å². The van der Waals surface area contributed by atoms with E-state index in [0.717, 1.165) is 25.0 Å². The van der Waals surface area contributed by atoms with E-state index in [1.165, 1.54) is 38.4 Å². The summed E-state index contributed by atoms with van der Waals surface area (Å²) >= 11 is 0. The van der Waals surface area contributed by atoms with Crippen LogP contribution in [0.15, 0.2) is 59.9 Å². The average Bonchev–Trinajstić information content (AvgIpc) is 3.04. The molecule has 2 aromatic rings. The third-order valence-corrected chi connectivity index (χ3v) is 8.71. The zero-order valence-electron chi connectivity index (χ0n) is 27.2. The first kappa shape index (κ1) is 41.0. The molecule has 1 aliphatic heterocycles. The molecule has 1 heterocycles. The van der Waals surface area contributed by atoms with E-state index in [0.29, 0.717) is 47.0 Å². The molecule has 0 aliphatic carbocycles. The average molecular weight is 686 g/mol. The van der Waals surface area contributed by atoms with Crippen LogP contribution in [-0.2, 0) is 20.4 Å². The fourth-order valence-electron chi connectivity index (χ4n) is 4.75. The molecule has 1 amide bonds. The van der Waals surface area contributed by atoms with Gasteiger partial charge in [0.25, 0.3) is 5.91 Å². The third-order valence-electron chi connectivity index (χ3n) is 7.33. The van der Waals surface area contributed by atoms with Gasteiger partial charge >= 0.3 is 0 Å². The molecule has 3 rings (SSSR count). The highest BCUT2D eigenvalue weighted by Crippen LogP contribution is 2.30. The maximum atomic E-state index is 14.6. The number of carbonyl (C=O) groups is 3. The van der Waals surface area contributed by atoms with Crippen molar-refractivity contribution in [2.45, 2.75) is 38.1 Å². The van der Waals surface area contributed by atoms with Crippen LogP contribution in [0.3, 0.4) is 0 Å². The molecule has 2 N–H and O–H groups in total. The summed E-state index contributed by atoms with van der Waals surface area (Å²) in [7, 11) is 5.71. The van der Waals surface area contributed by atoms with E-state index >= 15 is 0 Å². The number of nitrogens with zero attached hydrogens (tertiary/aromatic N) is 2. The first-order valence-corrected chi connectivity index (χ1v) is 16.1. The number of hydrogen-bond donors (Lipinski definition) is 2. The lowest BCUT2D eigenvalue weighted by molar-refractivity contribution is -0.108. The minimum absolute atomic E-state index is 0.0507. The summed E-state index contributed by atoms with van der Waals surface area (Å²) < 4.78 is 67.8. The lowest BCUT2D eigenvalue weighted by Crippen LogP contribution is -2.34. The summed E-state index contributed by atoms with van der Waals surface area (Å²) in [5.41, 5.74) is 1.30. The van der Waals surface area contributed by atoms with Crippen molar-refractivity contribution in [2.24, 2.45) is 0 Å². The largest absolute Gasteiger partial charge is 0.497 e. The van der Waals surface area contributed by atoms with Gasteiger partial charge in [0.15, 0.2) is 13.1 Å². The SMILES string of the molecule is CNC(=O)c1ccc(F)cc1.COc1cc(F)c(C(CC=O)CN(C)/C(C=O)=C(C)/C=C\N(C)C2CCS(=O)CC2)c(F)c1.OCF. The molecule has 0 radical (unpaired) electrons. The Hall–Kier alpha value is -4.04. The smallest absolute Gasteiger partial charge is 0.251 e. The molecule has 1 unspecified atom stereocenters. The van der Waals surface area contributed by atoms with Gasteiger partial charge in [-0.15, -0.1) is 0 Å². The molecule has 260 valence electrons. The standard InChI is InChI=1S/C24H32F2N2O4S.C8H8FNO.CH3FO/c1-17(5-9-27(2)19-7-11-33(31)12-8-19)23(16-30)28(3)15-18(6-10-29)24-21(25)13-20(32-4)14-22(24)26;1-10-8(11)6-2-4-7(9)5-3-6;2-1-3/h5,9-10,13-14,16,18-19H,6-8,11-12,15H2,1-4H3;2-5H,1H3,(H,10,11);3H,1H2/b9-5-,23-17+;;. The van der Waals surface area contributed by atoms with Crippen LogP contribution in [0.4, 0.5) is 17.6 Å². The topological polar surface area (TPSA) is 116 Å². The van der Waals surface area contributed by atoms with Crippen LogP contribution in [0.5, 0.6) is 5.75 Å². The lowest BCUT2D eigenvalue weighted by atomic mass is 9.94. The van der Waals surface area contributed by atoms with Gasteiger partial charge in [0.1, 0.15) is 29.5 Å². The Morgan fingerprint density at radius 2 is 1.66 bits per heavy atom. The molecule has 1 fully saturated rings. The first-order chi connectivity index (χ1) is 22.4. The van der Waals surface area contributed by atoms with Crippen molar-refractivity contribution in [1.82, 2.24) is 15.1 Å². The third kappa shape index (κ3) is 13.7. The van der Waals surface area contributed by atoms with Gasteiger partial charge in [-0.3, -0.25) is 13.8 Å². The summed E-state index contributed by atoms with van der Waals surface area (Å²) in [6.45, 7) is 0.603. The molecule has 1 atom stereocenters. The van der Waals surface area contributed by atoms with Crippen LogP contribution in [0.1, 0.15) is 48.0 Å². The minimum Gasteiger partial charge on any atom is -0.497 e. The number of alkyl halides is 1. The van der Waals surface area contributed by atoms with Crippen LogP contribution >= 0.6 is 0 Å². The van der Waals surface area contributed by atoms with Gasteiger partial charge in [0.2, 0.25) is 0 Å². The lowest BCUT2D eigenvalue weighted by Gasteiger charge is -2.30. The molecule has 47 heavy (non-hydrogen) atoms. The highest BCUT2D eigenvalue weighted by Gasteiger charge is 2.24. The monoisotopic (exact) mass is 685 g/mol. The van der Waals surface area contributed by atoms with Crippen LogP contribution in [0, 0.1) is 17.5 Å². The number of aliphatic hydroxyl groups is 1. The normalized spacial score (nSPS) is 16.7. The Labute approximate surface area is 275 Å². The number of allylic oxidation sites excluding steroid dienone is 3. The number of likely N-dealkylation sites (N-methyl/N-ethyl adjacent to an activating group) is 1. The Balaban J connectivity index is 0.000000653. The number of aliphatic hydroxyl groups excluding tert-OH is 1. The van der Waals surface area contributed by atoms with Crippen LogP contribution in [0.2, 0.25) is 0 Å². The Bertz CT molecular complexity index is 1360. The molecule has 0 bridgehead atoms. The molecule has 0 spiro atoms. The maximum absolute atomic E-state index is 14.6. The number of ether oxygens (including phenoxy) is 1. The van der Waals surface area contributed by atoms with Crippen molar-refractivity contribution in [1.29, 1.82) is 0 Å². The summed E-state index contributed by atoms with van der Waals surface area (Å²) in [5.74, 6) is -1.48. The summed E-state index contributed by atoms with van der Waals surface area (Å²) in [6, 6.07) is 7.84. The maximum Gasteiger partial charge on any atom is 0.251 e. The van der Waals surface area contributed by atoms with E-state index in [1.807, 2.05) is 19.3 Å². The van der Waals surface area contributed by atoms with Crippen molar-refractivity contribution in [3.8, 4) is 5.75 Å². The molecular formula is C33H43F4N3O6S. The predicted molar refractivity (Wildman–Crippen MR) is 174 cm³/mol. The number of methoxy groups -OCH3 is 1. The van der Waals surface area contributed by atoms with E-state index < -0.39 is 35.2 Å². The quantitative estimate of drug-likeness (QED) is 0.145. The molecule has 1 aliphatic rings. The van der Waals surface area contributed by atoms with E-state index in [4.69, 9.17) is 9.84 Å². The van der Waals surface area contributed by atoms with Crippen molar-refractivity contribution < 1.29 is 46.0 Å². The number of aldehydes is 2. The molecule has 2 aromatic carbocycles. The summed E-state index contributed by atoms with van der Waals surface area (Å²) in [5, 5.41) is 9.34. The fourth-order valence-corrected chi connectivity index (χ4v) is 6.03. The molecule has 0 saturated carbocycles. The molecule has 1 saturated heterocycles. The van der Waals surface area contributed by atoms with Gasteiger partial charge in [-0.2, -0.15) is 0 Å². The van der Waals surface area contributed by atoms with Crippen molar-refractivity contribution in [2.75, 3.05) is 53.2 Å². The first-order valence-electron chi connectivity index (χ1n) is 14.6. The predicted octanol–water partition coefficient (Wildman–Crippen LogP) is 4.50. The van der Waals surface area contributed by atoms with Crippen LogP contribution in [-0.4, -0.2) is 96.8 Å². The fraction of sp³-hybridized carbons (Fsp3) is 0.424. The second-order valence-electron chi connectivity index (χ2n) is 10.4. The second kappa shape index (κ2) is 21.7. The molecule has 14 heteroatoms. The second-order valence-corrected chi connectivity index (χ2v) is 12.1. The van der Waals surface area contributed by atoms with Crippen molar-refractivity contribution in [3.63, 3.8) is 0 Å². The highest BCUT2D eigenvalue weighted by molar-refractivity contribution is 7.85. The van der Waals surface area contributed by atoms with E-state index in [2.05, 4.69) is 10.2 Å². The van der Waals surface area contributed by atoms with Crippen LogP contribution < -0.4 is 10.1 Å². The number of benzene rings is 2.